The molecule has 8 heteroatoms. The van der Waals surface area contributed by atoms with Crippen LogP contribution in [0.5, 0.6) is 0 Å². The molecule has 3 aliphatic rings. The second-order valence-corrected chi connectivity index (χ2v) is 15.1. The molecule has 2 aromatic rings. The summed E-state index contributed by atoms with van der Waals surface area (Å²) in [7, 11) is 0. The number of hydrogen-bond acceptors (Lipinski definition) is 7. The maximum Gasteiger partial charge on any atom is 0.410 e. The molecule has 3 saturated heterocycles. The van der Waals surface area contributed by atoms with Crippen LogP contribution in [-0.2, 0) is 27.4 Å². The summed E-state index contributed by atoms with van der Waals surface area (Å²) < 4.78 is 5.36. The van der Waals surface area contributed by atoms with Crippen molar-refractivity contribution in [3.63, 3.8) is 0 Å². The number of nitrogens with zero attached hydrogens (tertiary/aromatic N) is 3. The Bertz CT molecular complexity index is 1240. The molecular weight excluding hydrogens is 588 g/mol. The molecule has 0 aliphatic carbocycles. The number of ketones is 2. The minimum absolute atomic E-state index is 0.179. The normalized spacial score (nSPS) is 27.2. The van der Waals surface area contributed by atoms with Gasteiger partial charge in [0.15, 0.2) is 0 Å². The minimum Gasteiger partial charge on any atom is -0.444 e. The monoisotopic (exact) mass is 648 g/mol. The lowest BCUT2D eigenvalue weighted by molar-refractivity contribution is -0.130. The van der Waals surface area contributed by atoms with Gasteiger partial charge in [-0.3, -0.25) is 19.4 Å². The molecule has 0 radical (unpaired) electrons. The van der Waals surface area contributed by atoms with E-state index in [1.807, 2.05) is 53.7 Å². The largest absolute Gasteiger partial charge is 0.444 e. The molecule has 0 aromatic heterocycles. The van der Waals surface area contributed by atoms with Crippen molar-refractivity contribution >= 4 is 17.7 Å². The van der Waals surface area contributed by atoms with Gasteiger partial charge in [0.25, 0.3) is 0 Å². The molecule has 5 rings (SSSR count). The topological polar surface area (TPSA) is 96.2 Å². The number of benzene rings is 2. The predicted octanol–water partition coefficient (Wildman–Crippen LogP) is 6.28. The minimum atomic E-state index is -0.427. The van der Waals surface area contributed by atoms with Crippen LogP contribution in [0.2, 0.25) is 0 Å². The van der Waals surface area contributed by atoms with Crippen LogP contribution in [0.15, 0.2) is 60.7 Å². The molecule has 1 amide bonds. The Morgan fingerprint density at radius 2 is 1.17 bits per heavy atom. The Balaban J connectivity index is 0.000000192. The highest BCUT2D eigenvalue weighted by Gasteiger charge is 2.34. The number of hydrogen-bond donors (Lipinski definition) is 1. The average molecular weight is 649 g/mol. The number of carbonyl (C=O) groups is 3. The maximum atomic E-state index is 11.9. The van der Waals surface area contributed by atoms with Crippen LogP contribution in [0.4, 0.5) is 4.79 Å². The summed E-state index contributed by atoms with van der Waals surface area (Å²) in [6.07, 6.45) is 0.492. The third-order valence-electron chi connectivity index (χ3n) is 9.27. The van der Waals surface area contributed by atoms with Gasteiger partial charge >= 0.3 is 6.09 Å². The number of carbonyl (C=O) groups excluding carboxylic acids is 3. The number of nitrogens with two attached hydrogens (primary N) is 1. The Labute approximate surface area is 284 Å². The summed E-state index contributed by atoms with van der Waals surface area (Å²) in [5.74, 6) is 2.08. The zero-order valence-corrected chi connectivity index (χ0v) is 30.2. The SMILES string of the molecule is CC1CN(Cc2ccccc2)CCC1=O.C[C@@H]1CN(C(=O)OC(C)(C)C)C[C@H](C)C1N.C[C@@H]1CN(Cc2ccccc2)C[C@H](C)C1=O. The molecule has 2 N–H and O–H groups in total. The number of ether oxygens (including phenoxy) is 1. The third kappa shape index (κ3) is 12.8. The van der Waals surface area contributed by atoms with Gasteiger partial charge in [-0.1, -0.05) is 95.3 Å². The Hall–Kier alpha value is -3.07. The lowest BCUT2D eigenvalue weighted by Crippen LogP contribution is -2.53. The molecule has 260 valence electrons. The highest BCUT2D eigenvalue weighted by Crippen LogP contribution is 2.23. The molecule has 8 nitrogen and oxygen atoms in total. The zero-order valence-electron chi connectivity index (χ0n) is 30.2. The Kier molecular flexibility index (Phi) is 14.6. The molecule has 3 heterocycles. The van der Waals surface area contributed by atoms with E-state index in [4.69, 9.17) is 10.5 Å². The van der Waals surface area contributed by atoms with Crippen LogP contribution in [0, 0.1) is 29.6 Å². The molecule has 2 aromatic carbocycles. The first-order chi connectivity index (χ1) is 22.1. The summed E-state index contributed by atoms with van der Waals surface area (Å²) in [6.45, 7) is 22.9. The first kappa shape index (κ1) is 38.4. The summed E-state index contributed by atoms with van der Waals surface area (Å²) in [5.41, 5.74) is 8.27. The standard InChI is InChI=1S/C14H19NO.C13H17NO.C12H24N2O2/c1-11-8-15(9-12(2)14(11)16)10-13-6-4-3-5-7-13;1-11-9-14(8-7-13(11)15)10-12-5-3-2-4-6-12;1-8-6-14(7-9(2)10(8)13)11(15)16-12(3,4)5/h3-7,11-12H,8-10H2,1-2H3;2-6,11H,7-10H2,1H3;8-10H,6-7,13H2,1-5H3/t11-,12+;;8-,9+,10?. The van der Waals surface area contributed by atoms with Crippen LogP contribution in [0.3, 0.4) is 0 Å². The second-order valence-electron chi connectivity index (χ2n) is 15.1. The van der Waals surface area contributed by atoms with Crippen molar-refractivity contribution < 1.29 is 19.1 Å². The number of piperidine rings is 3. The fourth-order valence-corrected chi connectivity index (χ4v) is 6.62. The molecule has 3 fully saturated rings. The van der Waals surface area contributed by atoms with Gasteiger partial charge in [-0.2, -0.15) is 0 Å². The number of likely N-dealkylation sites (tertiary alicyclic amines) is 3. The van der Waals surface area contributed by atoms with Crippen LogP contribution < -0.4 is 5.73 Å². The number of Topliss-reactive ketones (excluding diaryl/α,β-unsaturated/α-hetero) is 2. The molecule has 47 heavy (non-hydrogen) atoms. The highest BCUT2D eigenvalue weighted by molar-refractivity contribution is 5.84. The van der Waals surface area contributed by atoms with Crippen LogP contribution in [0.25, 0.3) is 0 Å². The van der Waals surface area contributed by atoms with E-state index in [-0.39, 0.29) is 29.9 Å². The average Bonchev–Trinajstić information content (AvgIpc) is 3.01. The molecule has 2 unspecified atom stereocenters. The van der Waals surface area contributed by atoms with E-state index >= 15 is 0 Å². The van der Waals surface area contributed by atoms with Gasteiger partial charge in [-0.05, 0) is 43.7 Å². The lowest BCUT2D eigenvalue weighted by atomic mass is 9.87. The van der Waals surface area contributed by atoms with E-state index in [0.29, 0.717) is 42.9 Å². The summed E-state index contributed by atoms with van der Waals surface area (Å²) in [6, 6.07) is 21.1. The van der Waals surface area contributed by atoms with E-state index in [1.165, 1.54) is 11.1 Å². The Morgan fingerprint density at radius 3 is 1.62 bits per heavy atom. The molecule has 0 spiro atoms. The van der Waals surface area contributed by atoms with Gasteiger partial charge in [-0.25, -0.2) is 4.79 Å². The van der Waals surface area contributed by atoms with Crippen LogP contribution in [0.1, 0.15) is 72.9 Å². The fourth-order valence-electron chi connectivity index (χ4n) is 6.62. The molecule has 6 atom stereocenters. The number of amides is 1. The van der Waals surface area contributed by atoms with Crippen LogP contribution in [-0.4, -0.2) is 83.3 Å². The van der Waals surface area contributed by atoms with Gasteiger partial charge in [0, 0.05) is 82.6 Å². The smallest absolute Gasteiger partial charge is 0.410 e. The molecule has 0 saturated carbocycles. The van der Waals surface area contributed by atoms with Gasteiger partial charge in [-0.15, -0.1) is 0 Å². The van der Waals surface area contributed by atoms with E-state index in [9.17, 15) is 14.4 Å². The summed E-state index contributed by atoms with van der Waals surface area (Å²) in [4.78, 5) is 41.4. The van der Waals surface area contributed by atoms with Crippen molar-refractivity contribution in [1.82, 2.24) is 14.7 Å². The van der Waals surface area contributed by atoms with Crippen molar-refractivity contribution in [2.24, 2.45) is 35.3 Å². The molecular formula is C39H60N4O4. The quantitative estimate of drug-likeness (QED) is 0.417. The van der Waals surface area contributed by atoms with E-state index in [0.717, 1.165) is 39.3 Å². The van der Waals surface area contributed by atoms with Gasteiger partial charge in [0.2, 0.25) is 0 Å². The summed E-state index contributed by atoms with van der Waals surface area (Å²) >= 11 is 0. The highest BCUT2D eigenvalue weighted by atomic mass is 16.6. The van der Waals surface area contributed by atoms with Crippen molar-refractivity contribution in [1.29, 1.82) is 0 Å². The fraction of sp³-hybridized carbons (Fsp3) is 0.615. The molecule has 0 bridgehead atoms. The van der Waals surface area contributed by atoms with Crippen LogP contribution >= 0.6 is 0 Å². The van der Waals surface area contributed by atoms with Gasteiger partial charge in [0.05, 0.1) is 0 Å². The second kappa shape index (κ2) is 17.9. The summed E-state index contributed by atoms with van der Waals surface area (Å²) in [5, 5.41) is 0. The Morgan fingerprint density at radius 1 is 0.723 bits per heavy atom. The van der Waals surface area contributed by atoms with Gasteiger partial charge < -0.3 is 15.4 Å². The van der Waals surface area contributed by atoms with E-state index < -0.39 is 5.60 Å². The van der Waals surface area contributed by atoms with Crippen molar-refractivity contribution in [2.45, 2.75) is 86.5 Å². The van der Waals surface area contributed by atoms with E-state index in [1.54, 1.807) is 4.90 Å². The lowest BCUT2D eigenvalue weighted by Gasteiger charge is -2.39. The number of rotatable bonds is 4. The van der Waals surface area contributed by atoms with Crippen molar-refractivity contribution in [2.75, 3.05) is 39.3 Å². The van der Waals surface area contributed by atoms with Crippen molar-refractivity contribution in [3.05, 3.63) is 71.8 Å². The first-order valence-corrected chi connectivity index (χ1v) is 17.5. The predicted molar refractivity (Wildman–Crippen MR) is 190 cm³/mol. The zero-order chi connectivity index (χ0) is 34.7. The molecule has 3 aliphatic heterocycles. The van der Waals surface area contributed by atoms with Crippen molar-refractivity contribution in [3.8, 4) is 0 Å². The maximum absolute atomic E-state index is 11.9. The first-order valence-electron chi connectivity index (χ1n) is 17.5. The van der Waals surface area contributed by atoms with Gasteiger partial charge in [0.1, 0.15) is 17.2 Å². The van der Waals surface area contributed by atoms with E-state index in [2.05, 4.69) is 72.2 Å². The third-order valence-corrected chi connectivity index (χ3v) is 9.27.